The number of aryl methyl sites for hydroxylation is 1. The van der Waals surface area contributed by atoms with Crippen LogP contribution in [0.15, 0.2) is 39.9 Å². The summed E-state index contributed by atoms with van der Waals surface area (Å²) in [6.45, 7) is 2.24. The largest absolute Gasteiger partial charge is 0.378 e. The number of nitro groups is 1. The van der Waals surface area contributed by atoms with E-state index < -0.39 is 14.9 Å². The lowest BCUT2D eigenvalue weighted by Crippen LogP contribution is -2.31. The van der Waals surface area contributed by atoms with E-state index in [0.717, 1.165) is 16.9 Å². The van der Waals surface area contributed by atoms with Crippen molar-refractivity contribution < 1.29 is 13.3 Å². The predicted molar refractivity (Wildman–Crippen MR) is 90.5 cm³/mol. The van der Waals surface area contributed by atoms with Gasteiger partial charge in [-0.05, 0) is 30.0 Å². The fourth-order valence-corrected chi connectivity index (χ4v) is 4.35. The molecule has 1 N–H and O–H groups in total. The van der Waals surface area contributed by atoms with Crippen LogP contribution in [0.2, 0.25) is 0 Å². The van der Waals surface area contributed by atoms with Crippen LogP contribution in [0, 0.1) is 17.0 Å². The monoisotopic (exact) mass is 355 g/mol. The van der Waals surface area contributed by atoms with E-state index >= 15 is 0 Å². The maximum Gasteiger partial charge on any atom is 0.292 e. The van der Waals surface area contributed by atoms with Crippen molar-refractivity contribution in [1.82, 2.24) is 4.31 Å². The van der Waals surface area contributed by atoms with Crippen LogP contribution >= 0.6 is 11.3 Å². The van der Waals surface area contributed by atoms with Gasteiger partial charge in [-0.25, -0.2) is 8.42 Å². The van der Waals surface area contributed by atoms with Gasteiger partial charge in [-0.2, -0.15) is 4.31 Å². The molecule has 0 saturated heterocycles. The molecule has 0 radical (unpaired) electrons. The number of likely N-dealkylation sites (N-methyl/N-ethyl adjacent to an activating group) is 1. The SMILES string of the molecule is Cc1ccc(NCCN(C)S(=O)(=O)c2cccs2)c([N+](=O)[O-])c1. The molecule has 2 rings (SSSR count). The van der Waals surface area contributed by atoms with Gasteiger partial charge in [-0.1, -0.05) is 12.1 Å². The molecule has 0 aliphatic carbocycles. The minimum Gasteiger partial charge on any atom is -0.378 e. The van der Waals surface area contributed by atoms with Crippen molar-refractivity contribution in [2.24, 2.45) is 0 Å². The van der Waals surface area contributed by atoms with Crippen LogP contribution in [-0.4, -0.2) is 37.8 Å². The zero-order valence-electron chi connectivity index (χ0n) is 12.7. The number of nitrogens with zero attached hydrogens (tertiary/aromatic N) is 2. The van der Waals surface area contributed by atoms with Gasteiger partial charge in [0.05, 0.1) is 4.92 Å². The van der Waals surface area contributed by atoms with E-state index in [1.165, 1.54) is 17.4 Å². The zero-order chi connectivity index (χ0) is 17.0. The third-order valence-corrected chi connectivity index (χ3v) is 6.48. The molecule has 0 saturated carbocycles. The molecule has 0 atom stereocenters. The average molecular weight is 355 g/mol. The van der Waals surface area contributed by atoms with Crippen LogP contribution in [0.1, 0.15) is 5.56 Å². The first kappa shape index (κ1) is 17.4. The van der Waals surface area contributed by atoms with E-state index in [0.29, 0.717) is 5.69 Å². The smallest absolute Gasteiger partial charge is 0.292 e. The molecule has 2 aromatic rings. The Labute approximate surface area is 138 Å². The fraction of sp³-hybridized carbons (Fsp3) is 0.286. The number of benzene rings is 1. The van der Waals surface area contributed by atoms with Gasteiger partial charge in [0, 0.05) is 26.2 Å². The molecular weight excluding hydrogens is 338 g/mol. The minimum absolute atomic E-state index is 0.0197. The number of thiophene rings is 1. The van der Waals surface area contributed by atoms with Gasteiger partial charge in [0.25, 0.3) is 15.7 Å². The van der Waals surface area contributed by atoms with Crippen molar-refractivity contribution in [2.45, 2.75) is 11.1 Å². The number of hydrogen-bond acceptors (Lipinski definition) is 6. The standard InChI is InChI=1S/C14H17N3O4S2/c1-11-5-6-12(13(10-11)17(18)19)15-7-8-16(2)23(20,21)14-4-3-9-22-14/h3-6,9-10,15H,7-8H2,1-2H3. The molecule has 0 fully saturated rings. The number of hydrogen-bond donors (Lipinski definition) is 1. The van der Waals surface area contributed by atoms with Gasteiger partial charge in [-0.15, -0.1) is 11.3 Å². The molecule has 1 heterocycles. The first-order valence-electron chi connectivity index (χ1n) is 6.81. The first-order valence-corrected chi connectivity index (χ1v) is 9.13. The van der Waals surface area contributed by atoms with Crippen molar-refractivity contribution >= 4 is 32.7 Å². The Morgan fingerprint density at radius 2 is 2.09 bits per heavy atom. The fourth-order valence-electron chi connectivity index (χ4n) is 1.97. The van der Waals surface area contributed by atoms with Gasteiger partial charge >= 0.3 is 0 Å². The van der Waals surface area contributed by atoms with Crippen molar-refractivity contribution in [2.75, 3.05) is 25.5 Å². The van der Waals surface area contributed by atoms with E-state index in [4.69, 9.17) is 0 Å². The average Bonchev–Trinajstić information content (AvgIpc) is 3.03. The maximum atomic E-state index is 12.3. The lowest BCUT2D eigenvalue weighted by molar-refractivity contribution is -0.384. The summed E-state index contributed by atoms with van der Waals surface area (Å²) < 4.78 is 26.0. The maximum absolute atomic E-state index is 12.3. The number of nitro benzene ring substituents is 1. The van der Waals surface area contributed by atoms with Crippen molar-refractivity contribution in [3.05, 3.63) is 51.4 Å². The molecule has 124 valence electrons. The topological polar surface area (TPSA) is 92.6 Å². The van der Waals surface area contributed by atoms with Crippen LogP contribution in [-0.2, 0) is 10.0 Å². The summed E-state index contributed by atoms with van der Waals surface area (Å²) in [5.41, 5.74) is 1.15. The normalized spacial score (nSPS) is 11.6. The Morgan fingerprint density at radius 3 is 2.70 bits per heavy atom. The summed E-state index contributed by atoms with van der Waals surface area (Å²) in [4.78, 5) is 10.6. The van der Waals surface area contributed by atoms with Gasteiger partial charge in [-0.3, -0.25) is 10.1 Å². The van der Waals surface area contributed by atoms with E-state index in [-0.39, 0.29) is 23.0 Å². The van der Waals surface area contributed by atoms with Crippen LogP contribution in [0.3, 0.4) is 0 Å². The second-order valence-corrected chi connectivity index (χ2v) is 8.18. The molecule has 0 bridgehead atoms. The summed E-state index contributed by atoms with van der Waals surface area (Å²) in [6, 6.07) is 8.10. The summed E-state index contributed by atoms with van der Waals surface area (Å²) >= 11 is 1.16. The van der Waals surface area contributed by atoms with Crippen LogP contribution in [0.25, 0.3) is 0 Å². The summed E-state index contributed by atoms with van der Waals surface area (Å²) in [7, 11) is -2.02. The molecule has 0 aliphatic rings. The molecular formula is C14H17N3O4S2. The molecule has 9 heteroatoms. The van der Waals surface area contributed by atoms with Crippen molar-refractivity contribution in [1.29, 1.82) is 0 Å². The second kappa shape index (κ2) is 7.07. The Kier molecular flexibility index (Phi) is 5.34. The zero-order valence-corrected chi connectivity index (χ0v) is 14.4. The van der Waals surface area contributed by atoms with Gasteiger partial charge in [0.2, 0.25) is 0 Å². The van der Waals surface area contributed by atoms with E-state index in [2.05, 4.69) is 5.32 Å². The van der Waals surface area contributed by atoms with Gasteiger partial charge < -0.3 is 5.32 Å². The van der Waals surface area contributed by atoms with E-state index in [1.807, 2.05) is 0 Å². The first-order chi connectivity index (χ1) is 10.8. The highest BCUT2D eigenvalue weighted by Gasteiger charge is 2.21. The molecule has 7 nitrogen and oxygen atoms in total. The third-order valence-electron chi connectivity index (χ3n) is 3.25. The van der Waals surface area contributed by atoms with Gasteiger partial charge in [0.1, 0.15) is 9.90 Å². The van der Waals surface area contributed by atoms with Crippen molar-refractivity contribution in [3.63, 3.8) is 0 Å². The van der Waals surface area contributed by atoms with Crippen molar-refractivity contribution in [3.8, 4) is 0 Å². The molecule has 1 aromatic carbocycles. The Bertz CT molecular complexity index is 788. The van der Waals surface area contributed by atoms with E-state index in [1.54, 1.807) is 36.6 Å². The quantitative estimate of drug-likeness (QED) is 0.609. The Hall–Kier alpha value is -1.97. The molecule has 0 spiro atoms. The Morgan fingerprint density at radius 1 is 1.35 bits per heavy atom. The lowest BCUT2D eigenvalue weighted by atomic mass is 10.2. The van der Waals surface area contributed by atoms with Gasteiger partial charge in [0.15, 0.2) is 0 Å². The number of rotatable bonds is 7. The summed E-state index contributed by atoms with van der Waals surface area (Å²) in [6.07, 6.45) is 0. The lowest BCUT2D eigenvalue weighted by Gasteiger charge is -2.16. The van der Waals surface area contributed by atoms with Crippen LogP contribution in [0.5, 0.6) is 0 Å². The molecule has 0 amide bonds. The Balaban J connectivity index is 2.02. The minimum atomic E-state index is -3.51. The molecule has 0 unspecified atom stereocenters. The van der Waals surface area contributed by atoms with Crippen LogP contribution in [0.4, 0.5) is 11.4 Å². The summed E-state index contributed by atoms with van der Waals surface area (Å²) in [5, 5.41) is 15.7. The number of nitrogens with one attached hydrogen (secondary N) is 1. The highest BCUT2D eigenvalue weighted by atomic mass is 32.2. The molecule has 1 aromatic heterocycles. The number of sulfonamides is 1. The summed E-state index contributed by atoms with van der Waals surface area (Å²) in [5.74, 6) is 0. The van der Waals surface area contributed by atoms with E-state index in [9.17, 15) is 18.5 Å². The molecule has 23 heavy (non-hydrogen) atoms. The second-order valence-electron chi connectivity index (χ2n) is 4.96. The highest BCUT2D eigenvalue weighted by molar-refractivity contribution is 7.91. The molecule has 0 aliphatic heterocycles. The number of anilines is 1. The predicted octanol–water partition coefficient (Wildman–Crippen LogP) is 2.70. The third kappa shape index (κ3) is 4.06. The van der Waals surface area contributed by atoms with Crippen LogP contribution < -0.4 is 5.32 Å². The highest BCUT2D eigenvalue weighted by Crippen LogP contribution is 2.25.